The molecule has 1 saturated heterocycles. The van der Waals surface area contributed by atoms with Crippen molar-refractivity contribution < 1.29 is 4.39 Å². The van der Waals surface area contributed by atoms with E-state index in [-0.39, 0.29) is 5.82 Å². The third-order valence-corrected chi connectivity index (χ3v) is 3.98. The van der Waals surface area contributed by atoms with Crippen LogP contribution in [0.3, 0.4) is 0 Å². The van der Waals surface area contributed by atoms with Crippen molar-refractivity contribution in [2.45, 2.75) is 25.3 Å². The van der Waals surface area contributed by atoms with Crippen LogP contribution < -0.4 is 0 Å². The van der Waals surface area contributed by atoms with E-state index in [0.29, 0.717) is 12.6 Å². The fraction of sp³-hybridized carbons (Fsp3) is 0.375. The van der Waals surface area contributed by atoms with Gasteiger partial charge in [0.2, 0.25) is 0 Å². The monoisotopic (exact) mass is 256 g/mol. The van der Waals surface area contributed by atoms with E-state index in [0.717, 1.165) is 23.9 Å². The van der Waals surface area contributed by atoms with Gasteiger partial charge in [0.15, 0.2) is 0 Å². The smallest absolute Gasteiger partial charge is 0.123 e. The zero-order chi connectivity index (χ0) is 13.2. The van der Waals surface area contributed by atoms with Gasteiger partial charge in [-0.25, -0.2) is 4.39 Å². The van der Waals surface area contributed by atoms with E-state index < -0.39 is 0 Å². The second-order valence-corrected chi connectivity index (χ2v) is 5.18. The Balaban J connectivity index is 1.85. The number of rotatable bonds is 3. The molecule has 1 aromatic heterocycles. The van der Waals surface area contributed by atoms with Crippen LogP contribution in [0.15, 0.2) is 24.4 Å². The zero-order valence-corrected chi connectivity index (χ0v) is 10.8. The second kappa shape index (κ2) is 5.07. The zero-order valence-electron chi connectivity index (χ0n) is 10.8. The van der Waals surface area contributed by atoms with Crippen LogP contribution in [0, 0.1) is 18.2 Å². The van der Waals surface area contributed by atoms with Crippen LogP contribution in [0.1, 0.15) is 18.4 Å². The SMILES string of the molecule is C#CCN1CCCC1Cc1c[nH]c2ccc(F)cc12. The third kappa shape index (κ3) is 2.36. The van der Waals surface area contributed by atoms with Crippen LogP contribution in [-0.2, 0) is 6.42 Å². The van der Waals surface area contributed by atoms with E-state index in [1.54, 1.807) is 12.1 Å². The Labute approximate surface area is 112 Å². The molecule has 2 aromatic rings. The highest BCUT2D eigenvalue weighted by Crippen LogP contribution is 2.25. The summed E-state index contributed by atoms with van der Waals surface area (Å²) in [6, 6.07) is 5.38. The molecule has 2 nitrogen and oxygen atoms in total. The quantitative estimate of drug-likeness (QED) is 0.837. The molecule has 1 aliphatic rings. The molecule has 0 amide bonds. The number of aromatic nitrogens is 1. The van der Waals surface area contributed by atoms with Gasteiger partial charge in [-0.05, 0) is 49.6 Å². The molecular formula is C16H17FN2. The molecule has 3 rings (SSSR count). The summed E-state index contributed by atoms with van der Waals surface area (Å²) in [6.45, 7) is 1.78. The van der Waals surface area contributed by atoms with Crippen molar-refractivity contribution in [2.75, 3.05) is 13.1 Å². The average molecular weight is 256 g/mol. The summed E-state index contributed by atoms with van der Waals surface area (Å²) in [7, 11) is 0. The molecule has 0 bridgehead atoms. The van der Waals surface area contributed by atoms with Gasteiger partial charge in [0, 0.05) is 23.1 Å². The van der Waals surface area contributed by atoms with Gasteiger partial charge in [0.1, 0.15) is 5.82 Å². The van der Waals surface area contributed by atoms with Crippen molar-refractivity contribution in [3.8, 4) is 12.3 Å². The van der Waals surface area contributed by atoms with Crippen LogP contribution in [0.2, 0.25) is 0 Å². The fourth-order valence-corrected chi connectivity index (χ4v) is 3.03. The summed E-state index contributed by atoms with van der Waals surface area (Å²) in [4.78, 5) is 5.56. The molecular weight excluding hydrogens is 239 g/mol. The minimum absolute atomic E-state index is 0.180. The first-order valence-electron chi connectivity index (χ1n) is 6.71. The Hall–Kier alpha value is -1.79. The van der Waals surface area contributed by atoms with E-state index >= 15 is 0 Å². The number of benzene rings is 1. The maximum Gasteiger partial charge on any atom is 0.123 e. The lowest BCUT2D eigenvalue weighted by atomic mass is 10.0. The van der Waals surface area contributed by atoms with Crippen molar-refractivity contribution in [3.05, 3.63) is 35.8 Å². The molecule has 2 heterocycles. The summed E-state index contributed by atoms with van der Waals surface area (Å²) >= 11 is 0. The minimum atomic E-state index is -0.180. The Morgan fingerprint density at radius 1 is 1.47 bits per heavy atom. The summed E-state index contributed by atoms with van der Waals surface area (Å²) in [5.41, 5.74) is 2.18. The number of hydrogen-bond acceptors (Lipinski definition) is 1. The van der Waals surface area contributed by atoms with E-state index in [4.69, 9.17) is 6.42 Å². The number of nitrogens with zero attached hydrogens (tertiary/aromatic N) is 1. The second-order valence-electron chi connectivity index (χ2n) is 5.18. The third-order valence-electron chi connectivity index (χ3n) is 3.98. The lowest BCUT2D eigenvalue weighted by Gasteiger charge is -2.21. The van der Waals surface area contributed by atoms with Crippen LogP contribution in [0.25, 0.3) is 10.9 Å². The molecule has 1 fully saturated rings. The Kier molecular flexibility index (Phi) is 3.27. The van der Waals surface area contributed by atoms with Crippen LogP contribution in [-0.4, -0.2) is 29.0 Å². The number of halogens is 1. The number of aromatic amines is 1. The van der Waals surface area contributed by atoms with Gasteiger partial charge < -0.3 is 4.98 Å². The van der Waals surface area contributed by atoms with E-state index in [1.807, 2.05) is 6.20 Å². The first-order chi connectivity index (χ1) is 9.28. The topological polar surface area (TPSA) is 19.0 Å². The summed E-state index contributed by atoms with van der Waals surface area (Å²) in [5, 5.41) is 0.993. The number of hydrogen-bond donors (Lipinski definition) is 1. The molecule has 1 aliphatic heterocycles. The predicted molar refractivity (Wildman–Crippen MR) is 75.4 cm³/mol. The molecule has 0 saturated carbocycles. The summed E-state index contributed by atoms with van der Waals surface area (Å²) in [6.07, 6.45) is 10.7. The standard InChI is InChI=1S/C16H17FN2/c1-2-7-19-8-3-4-14(19)9-12-11-18-16-6-5-13(17)10-15(12)16/h1,5-6,10-11,14,18H,3-4,7-9H2. The molecule has 1 N–H and O–H groups in total. The largest absolute Gasteiger partial charge is 0.361 e. The summed E-state index contributed by atoms with van der Waals surface area (Å²) < 4.78 is 13.4. The molecule has 0 aliphatic carbocycles. The predicted octanol–water partition coefficient (Wildman–Crippen LogP) is 2.95. The number of fused-ring (bicyclic) bond motifs is 1. The first kappa shape index (κ1) is 12.3. The molecule has 1 unspecified atom stereocenters. The van der Waals surface area contributed by atoms with E-state index in [1.165, 1.54) is 24.5 Å². The maximum atomic E-state index is 13.4. The average Bonchev–Trinajstić information content (AvgIpc) is 2.99. The maximum absolute atomic E-state index is 13.4. The van der Waals surface area contributed by atoms with Gasteiger partial charge in [-0.3, -0.25) is 4.90 Å². The molecule has 0 spiro atoms. The number of likely N-dealkylation sites (tertiary alicyclic amines) is 1. The van der Waals surface area contributed by atoms with E-state index in [9.17, 15) is 4.39 Å². The van der Waals surface area contributed by atoms with Gasteiger partial charge in [0.05, 0.1) is 6.54 Å². The molecule has 98 valence electrons. The molecule has 1 atom stereocenters. The first-order valence-corrected chi connectivity index (χ1v) is 6.71. The van der Waals surface area contributed by atoms with Crippen LogP contribution in [0.5, 0.6) is 0 Å². The lowest BCUT2D eigenvalue weighted by molar-refractivity contribution is 0.284. The fourth-order valence-electron chi connectivity index (χ4n) is 3.03. The van der Waals surface area contributed by atoms with Gasteiger partial charge in [0.25, 0.3) is 0 Å². The Morgan fingerprint density at radius 3 is 3.21 bits per heavy atom. The lowest BCUT2D eigenvalue weighted by Crippen LogP contribution is -2.31. The van der Waals surface area contributed by atoms with Gasteiger partial charge in [-0.2, -0.15) is 0 Å². The van der Waals surface area contributed by atoms with Crippen molar-refractivity contribution in [2.24, 2.45) is 0 Å². The number of H-pyrrole nitrogens is 1. The van der Waals surface area contributed by atoms with Crippen molar-refractivity contribution in [1.29, 1.82) is 0 Å². The molecule has 0 radical (unpaired) electrons. The summed E-state index contributed by atoms with van der Waals surface area (Å²) in [5.74, 6) is 2.54. The number of terminal acetylenes is 1. The molecule has 3 heteroatoms. The number of nitrogens with one attached hydrogen (secondary N) is 1. The minimum Gasteiger partial charge on any atom is -0.361 e. The van der Waals surface area contributed by atoms with Gasteiger partial charge >= 0.3 is 0 Å². The molecule has 1 aromatic carbocycles. The van der Waals surface area contributed by atoms with Gasteiger partial charge in [-0.15, -0.1) is 6.42 Å². The highest BCUT2D eigenvalue weighted by molar-refractivity contribution is 5.83. The van der Waals surface area contributed by atoms with Crippen LogP contribution >= 0.6 is 0 Å². The highest BCUT2D eigenvalue weighted by Gasteiger charge is 2.24. The van der Waals surface area contributed by atoms with Crippen molar-refractivity contribution in [1.82, 2.24) is 9.88 Å². The normalized spacial score (nSPS) is 19.9. The van der Waals surface area contributed by atoms with Crippen molar-refractivity contribution >= 4 is 10.9 Å². The van der Waals surface area contributed by atoms with Gasteiger partial charge in [-0.1, -0.05) is 5.92 Å². The van der Waals surface area contributed by atoms with Crippen molar-refractivity contribution in [3.63, 3.8) is 0 Å². The molecule has 19 heavy (non-hydrogen) atoms. The Morgan fingerprint density at radius 2 is 2.37 bits per heavy atom. The Bertz CT molecular complexity index is 623. The van der Waals surface area contributed by atoms with Crippen LogP contribution in [0.4, 0.5) is 4.39 Å². The van der Waals surface area contributed by atoms with E-state index in [2.05, 4.69) is 15.8 Å². The highest BCUT2D eigenvalue weighted by atomic mass is 19.1.